The second-order valence-electron chi connectivity index (χ2n) is 0.871. The predicted octanol–water partition coefficient (Wildman–Crippen LogP) is 2.19. The first-order valence-corrected chi connectivity index (χ1v) is 1.73. The molecule has 0 radical (unpaired) electrons. The zero-order valence-corrected chi connectivity index (χ0v) is 3.40. The summed E-state index contributed by atoms with van der Waals surface area (Å²) in [7, 11) is 0. The van der Waals surface area contributed by atoms with Gasteiger partial charge in [0.1, 0.15) is 0 Å². The summed E-state index contributed by atoms with van der Waals surface area (Å²) in [4.78, 5) is 4.19. The van der Waals surface area contributed by atoms with Gasteiger partial charge in [-0.15, -0.1) is 0 Å². The number of nitrogens with two attached hydrogens (primary N) is 1. The van der Waals surface area contributed by atoms with E-state index in [1.54, 1.807) is 0 Å². The Bertz CT molecular complexity index is 16.0. The number of rotatable bonds is 2. The average Bonchev–Trinajstić information content (AvgIpc) is 1.41. The van der Waals surface area contributed by atoms with Gasteiger partial charge >= 0.3 is 0 Å². The Morgan fingerprint density at radius 3 is 1.62 bits per heavy atom. The first-order chi connectivity index (χ1) is 2.41. The first-order valence-electron chi connectivity index (χ1n) is 1.73. The van der Waals surface area contributed by atoms with E-state index in [1.165, 1.54) is 0 Å². The molecule has 2 heteroatoms. The zero-order chi connectivity index (χ0) is 4.12. The van der Waals surface area contributed by atoms with Gasteiger partial charge in [0.25, 0.3) is 0 Å². The van der Waals surface area contributed by atoms with Crippen molar-refractivity contribution < 1.29 is 4.84 Å². The Hall–Kier alpha value is -0.0800. The molecule has 0 aliphatic rings. The van der Waals surface area contributed by atoms with E-state index < -0.39 is 0 Å². The predicted molar refractivity (Wildman–Crippen MR) is 40.6 cm³/mol. The third-order valence-electron chi connectivity index (χ3n) is 0.322. The van der Waals surface area contributed by atoms with E-state index in [1.807, 2.05) is 6.92 Å². The molecule has 0 heterocycles. The molecular formula is C6H21NO. The molecule has 0 rings (SSSR count). The van der Waals surface area contributed by atoms with Crippen LogP contribution >= 0.6 is 0 Å². The van der Waals surface area contributed by atoms with Gasteiger partial charge in [-0.2, -0.15) is 0 Å². The third kappa shape index (κ3) is 38.9. The van der Waals surface area contributed by atoms with Crippen LogP contribution in [0.1, 0.15) is 35.6 Å². The normalized spacial score (nSPS) is 5.25. The van der Waals surface area contributed by atoms with Gasteiger partial charge in [-0.05, 0) is 6.42 Å². The van der Waals surface area contributed by atoms with Crippen LogP contribution in [-0.2, 0) is 4.84 Å². The molecule has 0 saturated carbocycles. The van der Waals surface area contributed by atoms with Gasteiger partial charge in [-0.25, -0.2) is 5.90 Å². The SMILES string of the molecule is C.C.C.CCCON. The van der Waals surface area contributed by atoms with Gasteiger partial charge in [-0.3, -0.25) is 0 Å². The van der Waals surface area contributed by atoms with Crippen LogP contribution in [0.5, 0.6) is 0 Å². The molecule has 2 N–H and O–H groups in total. The second kappa shape index (κ2) is 28.4. The largest absolute Gasteiger partial charge is 0.305 e. The Morgan fingerprint density at radius 1 is 1.25 bits per heavy atom. The van der Waals surface area contributed by atoms with E-state index in [0.717, 1.165) is 6.42 Å². The highest BCUT2D eigenvalue weighted by Gasteiger charge is 1.66. The lowest BCUT2D eigenvalue weighted by Gasteiger charge is -1.83. The van der Waals surface area contributed by atoms with Crippen molar-refractivity contribution >= 4 is 0 Å². The van der Waals surface area contributed by atoms with Gasteiger partial charge in [0.05, 0.1) is 6.61 Å². The molecule has 0 bridgehead atoms. The van der Waals surface area contributed by atoms with Crippen molar-refractivity contribution in [2.45, 2.75) is 35.6 Å². The second-order valence-corrected chi connectivity index (χ2v) is 0.871. The van der Waals surface area contributed by atoms with Crippen LogP contribution < -0.4 is 5.90 Å². The van der Waals surface area contributed by atoms with Crippen LogP contribution in [0.4, 0.5) is 0 Å². The third-order valence-corrected chi connectivity index (χ3v) is 0.322. The lowest BCUT2D eigenvalue weighted by atomic mass is 10.5. The molecule has 2 nitrogen and oxygen atoms in total. The number of hydrogen-bond acceptors (Lipinski definition) is 2. The molecule has 0 spiro atoms. The van der Waals surface area contributed by atoms with E-state index in [0.29, 0.717) is 6.61 Å². The molecule has 0 aliphatic heterocycles. The molecule has 56 valence electrons. The standard InChI is InChI=1S/C3H9NO.3CH4/c1-2-3-5-4;;;/h2-4H2,1H3;3*1H4. The van der Waals surface area contributed by atoms with Crippen molar-refractivity contribution in [1.29, 1.82) is 0 Å². The van der Waals surface area contributed by atoms with Crippen LogP contribution in [0.15, 0.2) is 0 Å². The molecule has 0 amide bonds. The quantitative estimate of drug-likeness (QED) is 0.571. The molecule has 0 aromatic carbocycles. The van der Waals surface area contributed by atoms with Crippen LogP contribution in [0.3, 0.4) is 0 Å². The van der Waals surface area contributed by atoms with Crippen molar-refractivity contribution in [3.63, 3.8) is 0 Å². The van der Waals surface area contributed by atoms with Crippen molar-refractivity contribution in [1.82, 2.24) is 0 Å². The summed E-state index contributed by atoms with van der Waals surface area (Å²) in [6.07, 6.45) is 0.997. The Labute approximate surface area is 54.0 Å². The maximum absolute atomic E-state index is 4.64. The van der Waals surface area contributed by atoms with E-state index in [9.17, 15) is 0 Å². The fourth-order valence-electron chi connectivity index (χ4n) is 0.118. The van der Waals surface area contributed by atoms with E-state index in [2.05, 4.69) is 10.7 Å². The van der Waals surface area contributed by atoms with E-state index in [4.69, 9.17) is 0 Å². The van der Waals surface area contributed by atoms with Crippen LogP contribution in [-0.4, -0.2) is 6.61 Å². The summed E-state index contributed by atoms with van der Waals surface area (Å²) < 4.78 is 0. The molecule has 0 fully saturated rings. The average molecular weight is 123 g/mol. The van der Waals surface area contributed by atoms with Gasteiger partial charge in [0, 0.05) is 0 Å². The molecule has 0 atom stereocenters. The van der Waals surface area contributed by atoms with Crippen molar-refractivity contribution in [3.8, 4) is 0 Å². The number of hydrogen-bond donors (Lipinski definition) is 1. The van der Waals surface area contributed by atoms with E-state index in [-0.39, 0.29) is 22.3 Å². The lowest BCUT2D eigenvalue weighted by Crippen LogP contribution is -1.97. The first kappa shape index (κ1) is 24.7. The molecule has 0 saturated heterocycles. The summed E-state index contributed by atoms with van der Waals surface area (Å²) >= 11 is 0. The highest BCUT2D eigenvalue weighted by Crippen LogP contribution is 1.67. The molecule has 8 heavy (non-hydrogen) atoms. The monoisotopic (exact) mass is 123 g/mol. The molecular weight excluding hydrogens is 102 g/mol. The molecule has 0 aromatic heterocycles. The van der Waals surface area contributed by atoms with Gasteiger partial charge in [0.2, 0.25) is 0 Å². The van der Waals surface area contributed by atoms with Crippen LogP contribution in [0.25, 0.3) is 0 Å². The topological polar surface area (TPSA) is 35.2 Å². The maximum atomic E-state index is 4.64. The highest BCUT2D eigenvalue weighted by molar-refractivity contribution is 4.14. The minimum atomic E-state index is 0. The minimum absolute atomic E-state index is 0. The highest BCUT2D eigenvalue weighted by atomic mass is 16.6. The molecule has 0 aromatic rings. The van der Waals surface area contributed by atoms with E-state index >= 15 is 0 Å². The summed E-state index contributed by atoms with van der Waals surface area (Å²) in [5.74, 6) is 4.64. The Balaban J connectivity index is -0.0000000267. The lowest BCUT2D eigenvalue weighted by molar-refractivity contribution is 0.138. The van der Waals surface area contributed by atoms with Gasteiger partial charge < -0.3 is 4.84 Å². The Morgan fingerprint density at radius 2 is 1.62 bits per heavy atom. The summed E-state index contributed by atoms with van der Waals surface area (Å²) in [5, 5.41) is 0. The fraction of sp³-hybridized carbons (Fsp3) is 1.00. The zero-order valence-electron chi connectivity index (χ0n) is 3.40. The summed E-state index contributed by atoms with van der Waals surface area (Å²) in [6.45, 7) is 2.67. The van der Waals surface area contributed by atoms with Crippen LogP contribution in [0.2, 0.25) is 0 Å². The summed E-state index contributed by atoms with van der Waals surface area (Å²) in [6, 6.07) is 0. The smallest absolute Gasteiger partial charge is 0.0676 e. The van der Waals surface area contributed by atoms with Crippen molar-refractivity contribution in [3.05, 3.63) is 0 Å². The fourth-order valence-corrected chi connectivity index (χ4v) is 0.118. The maximum Gasteiger partial charge on any atom is 0.0676 e. The Kier molecular flexibility index (Phi) is 87.8. The van der Waals surface area contributed by atoms with Crippen molar-refractivity contribution in [2.75, 3.05) is 6.61 Å². The summed E-state index contributed by atoms with van der Waals surface area (Å²) in [5.41, 5.74) is 0. The molecule has 0 aliphatic carbocycles. The minimum Gasteiger partial charge on any atom is -0.305 e. The van der Waals surface area contributed by atoms with Gasteiger partial charge in [0.15, 0.2) is 0 Å². The molecule has 0 unspecified atom stereocenters. The van der Waals surface area contributed by atoms with Crippen LogP contribution in [0, 0.1) is 0 Å². The van der Waals surface area contributed by atoms with Gasteiger partial charge in [-0.1, -0.05) is 29.2 Å². The van der Waals surface area contributed by atoms with Crippen molar-refractivity contribution in [2.24, 2.45) is 5.90 Å².